The second-order valence-corrected chi connectivity index (χ2v) is 6.01. The SMILES string of the molecule is Cc1cnc(CNC(=O)c2sc(-c3cccnc3)nc2C)cn1. The first-order chi connectivity index (χ1) is 11.1. The molecule has 0 aliphatic rings. The van der Waals surface area contributed by atoms with Crippen molar-refractivity contribution >= 4 is 17.2 Å². The van der Waals surface area contributed by atoms with Crippen molar-refractivity contribution in [1.29, 1.82) is 0 Å². The van der Waals surface area contributed by atoms with Crippen LogP contribution in [0.2, 0.25) is 0 Å². The molecule has 3 heterocycles. The first-order valence-electron chi connectivity index (χ1n) is 7.07. The first kappa shape index (κ1) is 15.2. The van der Waals surface area contributed by atoms with Gasteiger partial charge >= 0.3 is 0 Å². The normalized spacial score (nSPS) is 10.5. The molecule has 0 unspecified atom stereocenters. The molecule has 6 nitrogen and oxygen atoms in total. The first-order valence-corrected chi connectivity index (χ1v) is 7.88. The molecule has 0 aromatic carbocycles. The molecule has 0 radical (unpaired) electrons. The minimum absolute atomic E-state index is 0.155. The van der Waals surface area contributed by atoms with Gasteiger partial charge in [-0.25, -0.2) is 4.98 Å². The zero-order valence-corrected chi connectivity index (χ0v) is 13.6. The van der Waals surface area contributed by atoms with Crippen molar-refractivity contribution in [2.24, 2.45) is 0 Å². The van der Waals surface area contributed by atoms with Crippen LogP contribution in [0.3, 0.4) is 0 Å². The van der Waals surface area contributed by atoms with Crippen LogP contribution in [0.5, 0.6) is 0 Å². The maximum atomic E-state index is 12.3. The van der Waals surface area contributed by atoms with E-state index in [9.17, 15) is 4.79 Å². The number of carbonyl (C=O) groups is 1. The number of aryl methyl sites for hydroxylation is 2. The zero-order valence-electron chi connectivity index (χ0n) is 12.8. The number of hydrogen-bond acceptors (Lipinski definition) is 6. The largest absolute Gasteiger partial charge is 0.346 e. The second kappa shape index (κ2) is 6.62. The van der Waals surface area contributed by atoms with Gasteiger partial charge in [0, 0.05) is 24.2 Å². The minimum atomic E-state index is -0.155. The molecule has 1 N–H and O–H groups in total. The van der Waals surface area contributed by atoms with E-state index < -0.39 is 0 Å². The molecule has 1 amide bonds. The van der Waals surface area contributed by atoms with E-state index in [0.717, 1.165) is 22.0 Å². The Bertz CT molecular complexity index is 814. The molecule has 3 aromatic rings. The van der Waals surface area contributed by atoms with Crippen molar-refractivity contribution in [3.8, 4) is 10.6 Å². The molecule has 0 bridgehead atoms. The lowest BCUT2D eigenvalue weighted by Crippen LogP contribution is -2.23. The molecule has 0 spiro atoms. The second-order valence-electron chi connectivity index (χ2n) is 5.01. The number of pyridine rings is 1. The Balaban J connectivity index is 1.72. The summed E-state index contributed by atoms with van der Waals surface area (Å²) in [6, 6.07) is 3.77. The lowest BCUT2D eigenvalue weighted by Gasteiger charge is -2.03. The summed E-state index contributed by atoms with van der Waals surface area (Å²) in [6.07, 6.45) is 6.79. The highest BCUT2D eigenvalue weighted by Gasteiger charge is 2.16. The predicted octanol–water partition coefficient (Wildman–Crippen LogP) is 2.54. The van der Waals surface area contributed by atoms with Gasteiger partial charge in [-0.15, -0.1) is 11.3 Å². The molecule has 116 valence electrons. The summed E-state index contributed by atoms with van der Waals surface area (Å²) >= 11 is 1.36. The Labute approximate surface area is 137 Å². The van der Waals surface area contributed by atoms with Crippen molar-refractivity contribution in [2.45, 2.75) is 20.4 Å². The van der Waals surface area contributed by atoms with Crippen LogP contribution in [-0.4, -0.2) is 25.8 Å². The summed E-state index contributed by atoms with van der Waals surface area (Å²) in [5, 5.41) is 3.64. The van der Waals surface area contributed by atoms with Crippen LogP contribution < -0.4 is 5.32 Å². The fourth-order valence-electron chi connectivity index (χ4n) is 1.98. The smallest absolute Gasteiger partial charge is 0.263 e. The van der Waals surface area contributed by atoms with Crippen LogP contribution in [-0.2, 0) is 6.54 Å². The van der Waals surface area contributed by atoms with Gasteiger partial charge in [0.1, 0.15) is 9.88 Å². The van der Waals surface area contributed by atoms with Crippen molar-refractivity contribution in [3.05, 3.63) is 58.9 Å². The third kappa shape index (κ3) is 3.57. The number of carbonyl (C=O) groups excluding carboxylic acids is 1. The molecule has 7 heteroatoms. The molecule has 0 saturated heterocycles. The zero-order chi connectivity index (χ0) is 16.2. The number of hydrogen-bond donors (Lipinski definition) is 1. The van der Waals surface area contributed by atoms with Crippen LogP contribution in [0, 0.1) is 13.8 Å². The van der Waals surface area contributed by atoms with Crippen LogP contribution in [0.15, 0.2) is 36.9 Å². The van der Waals surface area contributed by atoms with Crippen molar-refractivity contribution in [1.82, 2.24) is 25.3 Å². The van der Waals surface area contributed by atoms with Gasteiger partial charge < -0.3 is 5.32 Å². The number of aromatic nitrogens is 4. The van der Waals surface area contributed by atoms with Crippen LogP contribution in [0.1, 0.15) is 26.8 Å². The van der Waals surface area contributed by atoms with Crippen LogP contribution >= 0.6 is 11.3 Å². The number of thiazole rings is 1. The van der Waals surface area contributed by atoms with Gasteiger partial charge in [0.05, 0.1) is 29.8 Å². The molecule has 3 rings (SSSR count). The van der Waals surface area contributed by atoms with Gasteiger partial charge in [0.25, 0.3) is 5.91 Å². The summed E-state index contributed by atoms with van der Waals surface area (Å²) in [5.41, 5.74) is 3.18. The number of nitrogens with zero attached hydrogens (tertiary/aromatic N) is 4. The van der Waals surface area contributed by atoms with E-state index in [0.29, 0.717) is 17.1 Å². The molecule has 3 aromatic heterocycles. The summed E-state index contributed by atoms with van der Waals surface area (Å²) < 4.78 is 0. The average Bonchev–Trinajstić information content (AvgIpc) is 2.97. The van der Waals surface area contributed by atoms with Gasteiger partial charge in [0.15, 0.2) is 0 Å². The standard InChI is InChI=1S/C16H15N5OS/c1-10-6-19-13(8-18-10)9-20-15(22)14-11(2)21-16(23-14)12-4-3-5-17-7-12/h3-8H,9H2,1-2H3,(H,20,22). The van der Waals surface area contributed by atoms with Crippen LogP contribution in [0.25, 0.3) is 10.6 Å². The highest BCUT2D eigenvalue weighted by molar-refractivity contribution is 7.17. The van der Waals surface area contributed by atoms with E-state index in [-0.39, 0.29) is 5.91 Å². The highest BCUT2D eigenvalue weighted by Crippen LogP contribution is 2.27. The summed E-state index contributed by atoms with van der Waals surface area (Å²) in [4.78, 5) is 29.9. The quantitative estimate of drug-likeness (QED) is 0.797. The topological polar surface area (TPSA) is 80.7 Å². The van der Waals surface area contributed by atoms with Gasteiger partial charge in [-0.2, -0.15) is 0 Å². The van der Waals surface area contributed by atoms with Gasteiger partial charge in [-0.3, -0.25) is 19.7 Å². The van der Waals surface area contributed by atoms with E-state index in [4.69, 9.17) is 0 Å². The highest BCUT2D eigenvalue weighted by atomic mass is 32.1. The molecular formula is C16H15N5OS. The summed E-state index contributed by atoms with van der Waals surface area (Å²) in [6.45, 7) is 4.04. The number of amides is 1. The molecule has 23 heavy (non-hydrogen) atoms. The van der Waals surface area contributed by atoms with Crippen molar-refractivity contribution in [3.63, 3.8) is 0 Å². The Hall–Kier alpha value is -2.67. The predicted molar refractivity (Wildman–Crippen MR) is 88.0 cm³/mol. The fraction of sp³-hybridized carbons (Fsp3) is 0.188. The third-order valence-electron chi connectivity index (χ3n) is 3.18. The van der Waals surface area contributed by atoms with Gasteiger partial charge in [-0.1, -0.05) is 0 Å². The lowest BCUT2D eigenvalue weighted by molar-refractivity contribution is 0.0953. The van der Waals surface area contributed by atoms with E-state index in [1.807, 2.05) is 26.0 Å². The van der Waals surface area contributed by atoms with Gasteiger partial charge in [-0.05, 0) is 26.0 Å². The Morgan fingerprint density at radius 2 is 2.09 bits per heavy atom. The van der Waals surface area contributed by atoms with E-state index in [2.05, 4.69) is 25.3 Å². The maximum Gasteiger partial charge on any atom is 0.263 e. The van der Waals surface area contributed by atoms with E-state index in [1.165, 1.54) is 11.3 Å². The average molecular weight is 325 g/mol. The molecule has 0 atom stereocenters. The van der Waals surface area contributed by atoms with Gasteiger partial charge in [0.2, 0.25) is 0 Å². The maximum absolute atomic E-state index is 12.3. The van der Waals surface area contributed by atoms with E-state index in [1.54, 1.807) is 24.8 Å². The van der Waals surface area contributed by atoms with Crippen molar-refractivity contribution in [2.75, 3.05) is 0 Å². The number of nitrogens with one attached hydrogen (secondary N) is 1. The monoisotopic (exact) mass is 325 g/mol. The Morgan fingerprint density at radius 1 is 1.22 bits per heavy atom. The van der Waals surface area contributed by atoms with Crippen LogP contribution in [0.4, 0.5) is 0 Å². The number of rotatable bonds is 4. The third-order valence-corrected chi connectivity index (χ3v) is 4.38. The van der Waals surface area contributed by atoms with Crippen molar-refractivity contribution < 1.29 is 4.79 Å². The molecular weight excluding hydrogens is 310 g/mol. The minimum Gasteiger partial charge on any atom is -0.346 e. The summed E-state index contributed by atoms with van der Waals surface area (Å²) in [7, 11) is 0. The summed E-state index contributed by atoms with van der Waals surface area (Å²) in [5.74, 6) is -0.155. The Morgan fingerprint density at radius 3 is 2.78 bits per heavy atom. The molecule has 0 aliphatic carbocycles. The molecule has 0 fully saturated rings. The Kier molecular flexibility index (Phi) is 4.38. The van der Waals surface area contributed by atoms with E-state index >= 15 is 0 Å². The fourth-order valence-corrected chi connectivity index (χ4v) is 2.95. The molecule has 0 saturated carbocycles. The molecule has 0 aliphatic heterocycles. The lowest BCUT2D eigenvalue weighted by atomic mass is 10.3.